The fourth-order valence-corrected chi connectivity index (χ4v) is 12.8. The normalized spacial score (nSPS) is 14.5. The Morgan fingerprint density at radius 1 is 0.610 bits per heavy atom. The van der Waals surface area contributed by atoms with E-state index in [-0.39, 0.29) is 12.0 Å². The monoisotopic (exact) mass is 576 g/mol. The van der Waals surface area contributed by atoms with Gasteiger partial charge in [-0.2, -0.15) is 0 Å². The molecule has 0 heterocycles. The van der Waals surface area contributed by atoms with Gasteiger partial charge in [-0.3, -0.25) is 0 Å². The number of aliphatic hydroxyl groups excluding tert-OH is 1. The maximum atomic E-state index is 11.6. The lowest BCUT2D eigenvalue weighted by Gasteiger charge is -2.40. The lowest BCUT2D eigenvalue weighted by atomic mass is 9.85. The highest BCUT2D eigenvalue weighted by Gasteiger charge is 2.39. The maximum absolute atomic E-state index is 11.6. The van der Waals surface area contributed by atoms with Crippen LogP contribution in [-0.4, -0.2) is 24.0 Å². The Morgan fingerprint density at radius 3 is 1.49 bits per heavy atom. The van der Waals surface area contributed by atoms with Gasteiger partial charge in [-0.1, -0.05) is 121 Å². The van der Waals surface area contributed by atoms with Gasteiger partial charge in [0.15, 0.2) is 0 Å². The number of allylic oxidation sites excluding steroid dienone is 4. The Morgan fingerprint density at radius 2 is 1.07 bits per heavy atom. The highest BCUT2D eigenvalue weighted by atomic mass is 31.1. The molecule has 1 nitrogen and oxygen atoms in total. The van der Waals surface area contributed by atoms with Crippen LogP contribution in [0.15, 0.2) is 121 Å². The third-order valence-electron chi connectivity index (χ3n) is 8.33. The molecule has 0 aromatic heterocycles. The van der Waals surface area contributed by atoms with E-state index in [9.17, 15) is 5.11 Å². The second-order valence-corrected chi connectivity index (χ2v) is 15.9. The van der Waals surface area contributed by atoms with Gasteiger partial charge in [0.1, 0.15) is 0 Å². The highest BCUT2D eigenvalue weighted by molar-refractivity contribution is 7.74. The van der Waals surface area contributed by atoms with Gasteiger partial charge in [0, 0.05) is 12.0 Å². The van der Waals surface area contributed by atoms with Crippen molar-refractivity contribution in [1.82, 2.24) is 0 Å². The van der Waals surface area contributed by atoms with E-state index < -0.39 is 15.8 Å². The molecular weight excluding hydrogens is 534 g/mol. The predicted octanol–water partition coefficient (Wildman–Crippen LogP) is 7.74. The van der Waals surface area contributed by atoms with Gasteiger partial charge in [-0.15, -0.1) is 0 Å². The molecule has 0 bridgehead atoms. The molecule has 0 saturated heterocycles. The average molecular weight is 577 g/mol. The van der Waals surface area contributed by atoms with Crippen molar-refractivity contribution in [3.05, 3.63) is 143 Å². The Kier molecular flexibility index (Phi) is 9.72. The first-order valence-corrected chi connectivity index (χ1v) is 17.7. The summed E-state index contributed by atoms with van der Waals surface area (Å²) in [5.74, 6) is 0. The fraction of sp³-hybridized carbons (Fsp3) is 0.263. The molecule has 1 N–H and O–H groups in total. The Bertz CT molecular complexity index is 1390. The van der Waals surface area contributed by atoms with E-state index in [4.69, 9.17) is 0 Å². The molecule has 4 aromatic carbocycles. The average Bonchev–Trinajstić information content (AvgIpc) is 3.49. The third-order valence-corrected chi connectivity index (χ3v) is 14.6. The zero-order valence-corrected chi connectivity index (χ0v) is 26.6. The summed E-state index contributed by atoms with van der Waals surface area (Å²) >= 11 is 0. The molecule has 41 heavy (non-hydrogen) atoms. The minimum atomic E-state index is -0.714. The minimum Gasteiger partial charge on any atom is -0.396 e. The summed E-state index contributed by atoms with van der Waals surface area (Å²) in [4.78, 5) is 0. The Labute approximate surface area is 249 Å². The molecule has 0 amide bonds. The maximum Gasteiger partial charge on any atom is 0.0497 e. The summed E-state index contributed by atoms with van der Waals surface area (Å²) in [7, 11) is -1.38. The molecule has 3 heteroatoms. The van der Waals surface area contributed by atoms with Crippen LogP contribution >= 0.6 is 15.8 Å². The van der Waals surface area contributed by atoms with Crippen LogP contribution in [0.5, 0.6) is 0 Å². The van der Waals surface area contributed by atoms with Crippen molar-refractivity contribution in [3.63, 3.8) is 0 Å². The fourth-order valence-electron chi connectivity index (χ4n) is 6.37. The first-order chi connectivity index (χ1) is 19.9. The number of hydrogen-bond donors (Lipinski definition) is 1. The van der Waals surface area contributed by atoms with Gasteiger partial charge < -0.3 is 5.11 Å². The predicted molar refractivity (Wildman–Crippen MR) is 183 cm³/mol. The molecule has 0 aliphatic heterocycles. The standard InChI is InChI=1S/C38H42OP2/c1-29-15-13-16-30(2)36(29)41(37-31(3)17-14-18-32(37)4)28-38(26-39,25-33-19-11-12-20-33)27-40(34-21-7-5-8-22-34)35-23-9-6-10-24-35/h5-19,21-24,39H,20,25-28H2,1-4H3. The minimum absolute atomic E-state index is 0.178. The molecule has 1 atom stereocenters. The molecule has 1 aliphatic carbocycles. The first kappa shape index (κ1) is 29.7. The SMILES string of the molecule is Cc1cccc(C)c1P(CC(CO)(CC1=CC=CC1)CP(c1ccccc1)c1ccccc1)c1c(C)cccc1C. The number of aliphatic hydroxyl groups is 1. The van der Waals surface area contributed by atoms with Crippen LogP contribution in [0.3, 0.4) is 0 Å². The molecular formula is C38H42OP2. The quantitative estimate of drug-likeness (QED) is 0.181. The lowest BCUT2D eigenvalue weighted by molar-refractivity contribution is 0.166. The number of benzene rings is 4. The van der Waals surface area contributed by atoms with Gasteiger partial charge in [-0.25, -0.2) is 0 Å². The summed E-state index contributed by atoms with van der Waals surface area (Å²) in [6.07, 6.45) is 10.6. The first-order valence-electron chi connectivity index (χ1n) is 14.6. The van der Waals surface area contributed by atoms with Gasteiger partial charge in [-0.05, 0) is 112 Å². The van der Waals surface area contributed by atoms with E-state index in [0.717, 1.165) is 25.2 Å². The molecule has 0 saturated carbocycles. The molecule has 210 valence electrons. The molecule has 0 spiro atoms. The van der Waals surface area contributed by atoms with Crippen LogP contribution in [0.2, 0.25) is 0 Å². The summed E-state index contributed by atoms with van der Waals surface area (Å²) in [5.41, 5.74) is 6.63. The number of hydrogen-bond acceptors (Lipinski definition) is 1. The second-order valence-electron chi connectivity index (χ2n) is 11.6. The summed E-state index contributed by atoms with van der Waals surface area (Å²) < 4.78 is 0. The summed E-state index contributed by atoms with van der Waals surface area (Å²) in [6, 6.07) is 35.5. The van der Waals surface area contributed by atoms with Crippen molar-refractivity contribution in [2.24, 2.45) is 5.41 Å². The van der Waals surface area contributed by atoms with Gasteiger partial charge in [0.25, 0.3) is 0 Å². The highest BCUT2D eigenvalue weighted by Crippen LogP contribution is 2.51. The van der Waals surface area contributed by atoms with E-state index >= 15 is 0 Å². The van der Waals surface area contributed by atoms with Crippen LogP contribution in [0.4, 0.5) is 0 Å². The zero-order chi connectivity index (χ0) is 28.8. The van der Waals surface area contributed by atoms with E-state index in [2.05, 4.69) is 143 Å². The van der Waals surface area contributed by atoms with E-state index in [1.807, 2.05) is 0 Å². The van der Waals surface area contributed by atoms with Crippen LogP contribution in [0.1, 0.15) is 35.1 Å². The number of aryl methyl sites for hydroxylation is 4. The summed E-state index contributed by atoms with van der Waals surface area (Å²) in [5, 5.41) is 17.3. The van der Waals surface area contributed by atoms with E-state index in [1.165, 1.54) is 49.0 Å². The Hall–Kier alpha value is -2.82. The molecule has 1 unspecified atom stereocenters. The molecule has 0 radical (unpaired) electrons. The zero-order valence-electron chi connectivity index (χ0n) is 24.8. The van der Waals surface area contributed by atoms with Crippen LogP contribution in [-0.2, 0) is 0 Å². The molecule has 4 aromatic rings. The Balaban J connectivity index is 1.67. The van der Waals surface area contributed by atoms with Gasteiger partial charge >= 0.3 is 0 Å². The van der Waals surface area contributed by atoms with Crippen LogP contribution in [0, 0.1) is 33.1 Å². The van der Waals surface area contributed by atoms with Crippen LogP contribution < -0.4 is 21.2 Å². The van der Waals surface area contributed by atoms with Gasteiger partial charge in [0.05, 0.1) is 0 Å². The van der Waals surface area contributed by atoms with E-state index in [1.54, 1.807) is 0 Å². The van der Waals surface area contributed by atoms with E-state index in [0.29, 0.717) is 0 Å². The molecule has 0 fully saturated rings. The summed E-state index contributed by atoms with van der Waals surface area (Å²) in [6.45, 7) is 9.27. The van der Waals surface area contributed by atoms with Crippen molar-refractivity contribution < 1.29 is 5.11 Å². The van der Waals surface area contributed by atoms with Crippen molar-refractivity contribution in [1.29, 1.82) is 0 Å². The molecule has 5 rings (SSSR count). The molecule has 1 aliphatic rings. The van der Waals surface area contributed by atoms with Crippen molar-refractivity contribution >= 4 is 37.1 Å². The smallest absolute Gasteiger partial charge is 0.0497 e. The van der Waals surface area contributed by atoms with Crippen LogP contribution in [0.25, 0.3) is 0 Å². The van der Waals surface area contributed by atoms with Crippen molar-refractivity contribution in [2.75, 3.05) is 18.9 Å². The van der Waals surface area contributed by atoms with Crippen molar-refractivity contribution in [3.8, 4) is 0 Å². The third kappa shape index (κ3) is 6.81. The van der Waals surface area contributed by atoms with Gasteiger partial charge in [0.2, 0.25) is 0 Å². The van der Waals surface area contributed by atoms with Crippen molar-refractivity contribution in [2.45, 2.75) is 40.5 Å². The topological polar surface area (TPSA) is 20.2 Å². The largest absolute Gasteiger partial charge is 0.396 e. The number of rotatable bonds is 11. The second kappa shape index (κ2) is 13.4. The lowest BCUT2D eigenvalue weighted by Crippen LogP contribution is -2.39.